The Balaban J connectivity index is 2.20. The Morgan fingerprint density at radius 3 is 3.00 bits per heavy atom. The first kappa shape index (κ1) is 11.2. The molecular weight excluding hydrogens is 200 g/mol. The van der Waals surface area contributed by atoms with Gasteiger partial charge in [-0.1, -0.05) is 18.7 Å². The average molecular weight is 218 g/mol. The van der Waals surface area contributed by atoms with Crippen molar-refractivity contribution < 1.29 is 9.47 Å². The Labute approximate surface area is 96.9 Å². The number of hydrogen-bond acceptors (Lipinski definition) is 2. The van der Waals surface area contributed by atoms with Crippen LogP contribution in [0.25, 0.3) is 0 Å². The van der Waals surface area contributed by atoms with Crippen LogP contribution in [0.3, 0.4) is 0 Å². The maximum Gasteiger partial charge on any atom is 0.120 e. The zero-order chi connectivity index (χ0) is 11.6. The van der Waals surface area contributed by atoms with Crippen LogP contribution in [-0.2, 0) is 17.8 Å². The van der Waals surface area contributed by atoms with E-state index in [0.717, 1.165) is 12.2 Å². The van der Waals surface area contributed by atoms with E-state index in [-0.39, 0.29) is 5.60 Å². The van der Waals surface area contributed by atoms with Crippen molar-refractivity contribution in [2.45, 2.75) is 32.5 Å². The molecule has 0 unspecified atom stereocenters. The topological polar surface area (TPSA) is 18.5 Å². The standard InChI is InChI=1S/C14H18O2/c1-4-7-15-13-6-5-11-10-16-14(2,3)9-12(11)8-13/h4-6,8H,1,7,9-10H2,2-3H3. The lowest BCUT2D eigenvalue weighted by Crippen LogP contribution is -2.31. The lowest BCUT2D eigenvalue weighted by Gasteiger charge is -2.31. The van der Waals surface area contributed by atoms with Gasteiger partial charge in [-0.2, -0.15) is 0 Å². The molecule has 1 aromatic rings. The van der Waals surface area contributed by atoms with Crippen LogP contribution in [0.2, 0.25) is 0 Å². The lowest BCUT2D eigenvalue weighted by molar-refractivity contribution is -0.0401. The van der Waals surface area contributed by atoms with Gasteiger partial charge in [-0.25, -0.2) is 0 Å². The average Bonchev–Trinajstić information content (AvgIpc) is 2.24. The van der Waals surface area contributed by atoms with Gasteiger partial charge in [-0.15, -0.1) is 0 Å². The Kier molecular flexibility index (Phi) is 3.01. The molecule has 0 aliphatic carbocycles. The number of ether oxygens (including phenoxy) is 2. The van der Waals surface area contributed by atoms with Crippen LogP contribution in [0.5, 0.6) is 5.75 Å². The maximum atomic E-state index is 5.76. The highest BCUT2D eigenvalue weighted by Crippen LogP contribution is 2.30. The summed E-state index contributed by atoms with van der Waals surface area (Å²) in [5, 5.41) is 0. The summed E-state index contributed by atoms with van der Waals surface area (Å²) in [6.07, 6.45) is 2.69. The zero-order valence-corrected chi connectivity index (χ0v) is 9.95. The number of fused-ring (bicyclic) bond motifs is 1. The summed E-state index contributed by atoms with van der Waals surface area (Å²) >= 11 is 0. The third kappa shape index (κ3) is 2.45. The summed E-state index contributed by atoms with van der Waals surface area (Å²) in [5.74, 6) is 0.913. The summed E-state index contributed by atoms with van der Waals surface area (Å²) < 4.78 is 11.3. The third-order valence-electron chi connectivity index (χ3n) is 2.78. The molecule has 2 rings (SSSR count). The first-order valence-corrected chi connectivity index (χ1v) is 5.60. The van der Waals surface area contributed by atoms with E-state index in [4.69, 9.17) is 9.47 Å². The fraction of sp³-hybridized carbons (Fsp3) is 0.429. The van der Waals surface area contributed by atoms with Crippen LogP contribution in [0.1, 0.15) is 25.0 Å². The fourth-order valence-electron chi connectivity index (χ4n) is 1.94. The van der Waals surface area contributed by atoms with Gasteiger partial charge in [0, 0.05) is 6.42 Å². The first-order chi connectivity index (χ1) is 7.61. The molecule has 1 aliphatic heterocycles. The molecule has 0 atom stereocenters. The number of rotatable bonds is 3. The monoisotopic (exact) mass is 218 g/mol. The summed E-state index contributed by atoms with van der Waals surface area (Å²) in [6, 6.07) is 6.19. The molecule has 0 fully saturated rings. The molecule has 0 radical (unpaired) electrons. The van der Waals surface area contributed by atoms with E-state index in [1.54, 1.807) is 6.08 Å². The molecule has 0 spiro atoms. The predicted octanol–water partition coefficient (Wildman–Crippen LogP) is 3.10. The number of hydrogen-bond donors (Lipinski definition) is 0. The molecule has 0 saturated heterocycles. The van der Waals surface area contributed by atoms with Crippen molar-refractivity contribution in [1.29, 1.82) is 0 Å². The van der Waals surface area contributed by atoms with E-state index in [0.29, 0.717) is 13.2 Å². The Hall–Kier alpha value is -1.28. The predicted molar refractivity (Wildman–Crippen MR) is 64.7 cm³/mol. The largest absolute Gasteiger partial charge is 0.490 e. The van der Waals surface area contributed by atoms with Crippen molar-refractivity contribution in [3.8, 4) is 5.75 Å². The number of benzene rings is 1. The van der Waals surface area contributed by atoms with Crippen LogP contribution in [0, 0.1) is 0 Å². The summed E-state index contributed by atoms with van der Waals surface area (Å²) in [6.45, 7) is 9.13. The molecule has 0 saturated carbocycles. The highest BCUT2D eigenvalue weighted by Gasteiger charge is 2.25. The van der Waals surface area contributed by atoms with Gasteiger partial charge >= 0.3 is 0 Å². The van der Waals surface area contributed by atoms with Crippen LogP contribution in [0.15, 0.2) is 30.9 Å². The van der Waals surface area contributed by atoms with Crippen LogP contribution in [0.4, 0.5) is 0 Å². The molecule has 1 aromatic carbocycles. The van der Waals surface area contributed by atoms with E-state index >= 15 is 0 Å². The minimum Gasteiger partial charge on any atom is -0.490 e. The van der Waals surface area contributed by atoms with E-state index < -0.39 is 0 Å². The first-order valence-electron chi connectivity index (χ1n) is 5.60. The van der Waals surface area contributed by atoms with Crippen molar-refractivity contribution in [2.75, 3.05) is 6.61 Å². The fourth-order valence-corrected chi connectivity index (χ4v) is 1.94. The summed E-state index contributed by atoms with van der Waals surface area (Å²) in [7, 11) is 0. The second-order valence-electron chi connectivity index (χ2n) is 4.76. The molecule has 0 bridgehead atoms. The molecule has 2 nitrogen and oxygen atoms in total. The van der Waals surface area contributed by atoms with Crippen LogP contribution >= 0.6 is 0 Å². The second-order valence-corrected chi connectivity index (χ2v) is 4.76. The molecule has 1 heterocycles. The highest BCUT2D eigenvalue weighted by atomic mass is 16.5. The van der Waals surface area contributed by atoms with E-state index in [2.05, 4.69) is 32.6 Å². The van der Waals surface area contributed by atoms with Crippen molar-refractivity contribution in [3.63, 3.8) is 0 Å². The van der Waals surface area contributed by atoms with Crippen LogP contribution < -0.4 is 4.74 Å². The molecule has 16 heavy (non-hydrogen) atoms. The minimum absolute atomic E-state index is 0.0654. The zero-order valence-electron chi connectivity index (χ0n) is 9.95. The van der Waals surface area contributed by atoms with Crippen molar-refractivity contribution in [2.24, 2.45) is 0 Å². The normalized spacial score (nSPS) is 17.6. The summed E-state index contributed by atoms with van der Waals surface area (Å²) in [4.78, 5) is 0. The molecular formula is C14H18O2. The van der Waals surface area contributed by atoms with E-state index in [9.17, 15) is 0 Å². The Morgan fingerprint density at radius 2 is 2.25 bits per heavy atom. The van der Waals surface area contributed by atoms with Crippen molar-refractivity contribution >= 4 is 0 Å². The summed E-state index contributed by atoms with van der Waals surface area (Å²) in [5.41, 5.74) is 2.53. The molecule has 1 aliphatic rings. The molecule has 86 valence electrons. The highest BCUT2D eigenvalue weighted by molar-refractivity contribution is 5.37. The Bertz CT molecular complexity index is 394. The Morgan fingerprint density at radius 1 is 1.44 bits per heavy atom. The van der Waals surface area contributed by atoms with Gasteiger partial charge in [0.25, 0.3) is 0 Å². The van der Waals surface area contributed by atoms with Gasteiger partial charge in [0.15, 0.2) is 0 Å². The van der Waals surface area contributed by atoms with Gasteiger partial charge in [0.1, 0.15) is 12.4 Å². The van der Waals surface area contributed by atoms with Gasteiger partial charge < -0.3 is 9.47 Å². The smallest absolute Gasteiger partial charge is 0.120 e. The lowest BCUT2D eigenvalue weighted by atomic mass is 9.92. The van der Waals surface area contributed by atoms with Crippen molar-refractivity contribution in [1.82, 2.24) is 0 Å². The van der Waals surface area contributed by atoms with Crippen molar-refractivity contribution in [3.05, 3.63) is 42.0 Å². The quantitative estimate of drug-likeness (QED) is 0.726. The van der Waals surface area contributed by atoms with Gasteiger partial charge in [0.05, 0.1) is 12.2 Å². The van der Waals surface area contributed by atoms with Crippen LogP contribution in [-0.4, -0.2) is 12.2 Å². The molecule has 0 N–H and O–H groups in total. The SMILES string of the molecule is C=CCOc1ccc2c(c1)CC(C)(C)OC2. The second kappa shape index (κ2) is 4.30. The molecule has 0 amide bonds. The maximum absolute atomic E-state index is 5.76. The molecule has 0 aromatic heterocycles. The van der Waals surface area contributed by atoms with E-state index in [1.807, 2.05) is 6.07 Å². The van der Waals surface area contributed by atoms with Gasteiger partial charge in [-0.3, -0.25) is 0 Å². The van der Waals surface area contributed by atoms with Gasteiger partial charge in [-0.05, 0) is 37.1 Å². The van der Waals surface area contributed by atoms with E-state index in [1.165, 1.54) is 11.1 Å². The molecule has 2 heteroatoms. The minimum atomic E-state index is -0.0654. The third-order valence-corrected chi connectivity index (χ3v) is 2.78. The van der Waals surface area contributed by atoms with Gasteiger partial charge in [0.2, 0.25) is 0 Å².